The Morgan fingerprint density at radius 2 is 1.68 bits per heavy atom. The molecule has 142 valence electrons. The van der Waals surface area contributed by atoms with Crippen LogP contribution in [0.1, 0.15) is 5.69 Å². The van der Waals surface area contributed by atoms with Crippen LogP contribution < -0.4 is 4.74 Å². The molecular formula is C20H13ClF3N3O. The maximum atomic E-state index is 14.4. The third kappa shape index (κ3) is 2.88. The highest BCUT2D eigenvalue weighted by molar-refractivity contribution is 6.29. The van der Waals surface area contributed by atoms with Gasteiger partial charge in [0.15, 0.2) is 11.6 Å². The molecule has 2 aromatic heterocycles. The van der Waals surface area contributed by atoms with Crippen LogP contribution in [0.4, 0.5) is 13.2 Å². The highest BCUT2D eigenvalue weighted by Crippen LogP contribution is 2.35. The molecule has 0 radical (unpaired) electrons. The second-order valence-electron chi connectivity index (χ2n) is 6.10. The first-order chi connectivity index (χ1) is 13.4. The molecule has 8 heteroatoms. The van der Waals surface area contributed by atoms with Crippen molar-refractivity contribution in [1.29, 1.82) is 0 Å². The van der Waals surface area contributed by atoms with Gasteiger partial charge in [-0.15, -0.1) is 0 Å². The Hall–Kier alpha value is -3.06. The topological polar surface area (TPSA) is 39.9 Å². The monoisotopic (exact) mass is 403 g/mol. The lowest BCUT2D eigenvalue weighted by Gasteiger charge is -2.14. The number of aryl methyl sites for hydroxylation is 1. The average Bonchev–Trinajstić information content (AvgIpc) is 2.94. The van der Waals surface area contributed by atoms with Gasteiger partial charge in [-0.25, -0.2) is 23.1 Å². The largest absolute Gasteiger partial charge is 0.496 e. The summed E-state index contributed by atoms with van der Waals surface area (Å²) in [6.07, 6.45) is 0. The molecule has 2 heterocycles. The zero-order valence-electron chi connectivity index (χ0n) is 14.8. The molecule has 0 aliphatic rings. The highest BCUT2D eigenvalue weighted by Gasteiger charge is 2.24. The predicted molar refractivity (Wildman–Crippen MR) is 100 cm³/mol. The van der Waals surface area contributed by atoms with Crippen LogP contribution in [-0.2, 0) is 0 Å². The van der Waals surface area contributed by atoms with E-state index in [9.17, 15) is 13.2 Å². The summed E-state index contributed by atoms with van der Waals surface area (Å²) in [6.45, 7) is 1.64. The van der Waals surface area contributed by atoms with Crippen LogP contribution in [0.25, 0.3) is 28.0 Å². The van der Waals surface area contributed by atoms with E-state index < -0.39 is 23.1 Å². The summed E-state index contributed by atoms with van der Waals surface area (Å²) in [7, 11) is 1.52. The van der Waals surface area contributed by atoms with Gasteiger partial charge in [0.1, 0.15) is 17.3 Å². The number of para-hydroxylation sites is 1. The zero-order valence-corrected chi connectivity index (χ0v) is 15.6. The van der Waals surface area contributed by atoms with Gasteiger partial charge in [0, 0.05) is 23.6 Å². The van der Waals surface area contributed by atoms with E-state index in [1.165, 1.54) is 7.11 Å². The summed E-state index contributed by atoms with van der Waals surface area (Å²) >= 11 is 6.18. The van der Waals surface area contributed by atoms with Crippen molar-refractivity contribution in [3.8, 4) is 22.8 Å². The van der Waals surface area contributed by atoms with Crippen LogP contribution in [-0.4, -0.2) is 21.6 Å². The summed E-state index contributed by atoms with van der Waals surface area (Å²) in [5.74, 6) is -2.71. The molecule has 0 amide bonds. The van der Waals surface area contributed by atoms with Gasteiger partial charge in [-0.2, -0.15) is 0 Å². The molecule has 4 aromatic rings. The fourth-order valence-electron chi connectivity index (χ4n) is 3.18. The molecule has 4 nitrogen and oxygen atoms in total. The molecular weight excluding hydrogens is 391 g/mol. The quantitative estimate of drug-likeness (QED) is 0.455. The van der Waals surface area contributed by atoms with Gasteiger partial charge in [-0.3, -0.25) is 4.57 Å². The van der Waals surface area contributed by atoms with Crippen molar-refractivity contribution in [2.45, 2.75) is 6.92 Å². The molecule has 0 saturated carbocycles. The lowest BCUT2D eigenvalue weighted by atomic mass is 10.1. The molecule has 0 atom stereocenters. The Labute approximate surface area is 163 Å². The SMILES string of the molecule is COc1cc(-c2c(C)nc(Cl)n2-c2c(F)cc(F)cc2F)nc2ccccc12. The number of fused-ring (bicyclic) bond motifs is 1. The molecule has 0 unspecified atom stereocenters. The third-order valence-electron chi connectivity index (χ3n) is 4.36. The molecule has 0 spiro atoms. The smallest absolute Gasteiger partial charge is 0.208 e. The molecule has 0 fully saturated rings. The zero-order chi connectivity index (χ0) is 20.0. The fourth-order valence-corrected chi connectivity index (χ4v) is 3.48. The van der Waals surface area contributed by atoms with E-state index >= 15 is 0 Å². The number of imidazole rings is 1. The predicted octanol–water partition coefficient (Wildman–Crippen LogP) is 5.48. The summed E-state index contributed by atoms with van der Waals surface area (Å²) in [5.41, 5.74) is 1.13. The average molecular weight is 404 g/mol. The number of halogens is 4. The maximum absolute atomic E-state index is 14.4. The third-order valence-corrected chi connectivity index (χ3v) is 4.61. The first kappa shape index (κ1) is 18.3. The van der Waals surface area contributed by atoms with Gasteiger partial charge in [0.2, 0.25) is 5.28 Å². The molecule has 0 aliphatic heterocycles. The van der Waals surface area contributed by atoms with E-state index in [1.54, 1.807) is 19.1 Å². The molecule has 4 rings (SSSR count). The minimum Gasteiger partial charge on any atom is -0.496 e. The van der Waals surface area contributed by atoms with Crippen molar-refractivity contribution in [2.75, 3.05) is 7.11 Å². The number of methoxy groups -OCH3 is 1. The van der Waals surface area contributed by atoms with E-state index in [0.29, 0.717) is 34.8 Å². The Bertz CT molecular complexity index is 1200. The van der Waals surface area contributed by atoms with Crippen molar-refractivity contribution in [3.63, 3.8) is 0 Å². The second kappa shape index (κ2) is 6.83. The summed E-state index contributed by atoms with van der Waals surface area (Å²) in [5, 5.41) is 0.605. The van der Waals surface area contributed by atoms with E-state index in [1.807, 2.05) is 18.2 Å². The van der Waals surface area contributed by atoms with E-state index in [4.69, 9.17) is 16.3 Å². The second-order valence-corrected chi connectivity index (χ2v) is 6.43. The lowest BCUT2D eigenvalue weighted by Crippen LogP contribution is -2.06. The standard InChI is InChI=1S/C20H13ClF3N3O/c1-10-18(16-9-17(28-2)12-5-3-4-6-15(12)26-16)27(20(21)25-10)19-13(23)7-11(22)8-14(19)24/h3-9H,1-2H3. The first-order valence-corrected chi connectivity index (χ1v) is 8.62. The number of hydrogen-bond acceptors (Lipinski definition) is 3. The van der Waals surface area contributed by atoms with Crippen LogP contribution in [0.3, 0.4) is 0 Å². The summed E-state index contributed by atoms with van der Waals surface area (Å²) in [4.78, 5) is 8.70. The van der Waals surface area contributed by atoms with Gasteiger partial charge in [0.05, 0.1) is 29.7 Å². The Morgan fingerprint density at radius 1 is 1.00 bits per heavy atom. The maximum Gasteiger partial charge on any atom is 0.208 e. The number of pyridine rings is 1. The fraction of sp³-hybridized carbons (Fsp3) is 0.100. The van der Waals surface area contributed by atoms with Gasteiger partial charge >= 0.3 is 0 Å². The van der Waals surface area contributed by atoms with Gasteiger partial charge in [-0.1, -0.05) is 12.1 Å². The number of aromatic nitrogens is 3. The number of hydrogen-bond donors (Lipinski definition) is 0. The van der Waals surface area contributed by atoms with E-state index in [0.717, 1.165) is 9.95 Å². The number of benzene rings is 2. The van der Waals surface area contributed by atoms with Gasteiger partial charge in [0.25, 0.3) is 0 Å². The van der Waals surface area contributed by atoms with E-state index in [2.05, 4.69) is 9.97 Å². The molecule has 0 bridgehead atoms. The van der Waals surface area contributed by atoms with Crippen molar-refractivity contribution >= 4 is 22.5 Å². The van der Waals surface area contributed by atoms with Crippen molar-refractivity contribution in [2.24, 2.45) is 0 Å². The number of rotatable bonds is 3. The Morgan fingerprint density at radius 3 is 2.36 bits per heavy atom. The van der Waals surface area contributed by atoms with Crippen LogP contribution in [0.15, 0.2) is 42.5 Å². The van der Waals surface area contributed by atoms with Crippen LogP contribution in [0, 0.1) is 24.4 Å². The van der Waals surface area contributed by atoms with Gasteiger partial charge < -0.3 is 4.74 Å². The molecule has 0 saturated heterocycles. The van der Waals surface area contributed by atoms with Gasteiger partial charge in [-0.05, 0) is 30.7 Å². The molecule has 0 aliphatic carbocycles. The van der Waals surface area contributed by atoms with E-state index in [-0.39, 0.29) is 11.0 Å². The van der Waals surface area contributed by atoms with Crippen LogP contribution in [0.5, 0.6) is 5.75 Å². The normalized spacial score (nSPS) is 11.2. The molecule has 2 aromatic carbocycles. The Kier molecular flexibility index (Phi) is 4.47. The lowest BCUT2D eigenvalue weighted by molar-refractivity contribution is 0.419. The van der Waals surface area contributed by atoms with Crippen LogP contribution >= 0.6 is 11.6 Å². The minimum absolute atomic E-state index is 0.175. The number of nitrogens with zero attached hydrogens (tertiary/aromatic N) is 3. The first-order valence-electron chi connectivity index (χ1n) is 8.24. The minimum atomic E-state index is -1.11. The summed E-state index contributed by atoms with van der Waals surface area (Å²) in [6, 6.07) is 10.1. The Balaban J connectivity index is 2.05. The van der Waals surface area contributed by atoms with Crippen molar-refractivity contribution < 1.29 is 17.9 Å². The molecule has 28 heavy (non-hydrogen) atoms. The number of ether oxygens (including phenoxy) is 1. The van der Waals surface area contributed by atoms with Crippen LogP contribution in [0.2, 0.25) is 5.28 Å². The van der Waals surface area contributed by atoms with Crippen molar-refractivity contribution in [1.82, 2.24) is 14.5 Å². The summed E-state index contributed by atoms with van der Waals surface area (Å²) < 4.78 is 48.8. The molecule has 0 N–H and O–H groups in total. The van der Waals surface area contributed by atoms with Crippen molar-refractivity contribution in [3.05, 3.63) is 70.9 Å². The highest BCUT2D eigenvalue weighted by atomic mass is 35.5.